The highest BCUT2D eigenvalue weighted by Crippen LogP contribution is 2.27. The lowest BCUT2D eigenvalue weighted by Crippen LogP contribution is -2.51. The highest BCUT2D eigenvalue weighted by Gasteiger charge is 2.34. The van der Waals surface area contributed by atoms with Crippen LogP contribution in [-0.2, 0) is 20.9 Å². The van der Waals surface area contributed by atoms with Crippen LogP contribution in [0.15, 0.2) is 60.8 Å². The molecular formula is C29H36N6O3. The van der Waals surface area contributed by atoms with Crippen molar-refractivity contribution in [3.05, 3.63) is 66.4 Å². The third kappa shape index (κ3) is 6.34. The number of benzene rings is 2. The lowest BCUT2D eigenvalue weighted by molar-refractivity contribution is -0.142. The molecule has 0 fully saturated rings. The zero-order valence-electron chi connectivity index (χ0n) is 22.6. The van der Waals surface area contributed by atoms with Crippen LogP contribution in [0.1, 0.15) is 52.1 Å². The van der Waals surface area contributed by atoms with Crippen LogP contribution in [0.4, 0.5) is 0 Å². The molecule has 0 aliphatic heterocycles. The van der Waals surface area contributed by atoms with Crippen LogP contribution in [0.2, 0.25) is 0 Å². The molecule has 0 bridgehead atoms. The highest BCUT2D eigenvalue weighted by atomic mass is 16.5. The van der Waals surface area contributed by atoms with Crippen molar-refractivity contribution in [1.29, 1.82) is 0 Å². The Labute approximate surface area is 223 Å². The van der Waals surface area contributed by atoms with Gasteiger partial charge in [0.05, 0.1) is 11.0 Å². The van der Waals surface area contributed by atoms with Gasteiger partial charge in [-0.15, -0.1) is 5.10 Å². The van der Waals surface area contributed by atoms with E-state index in [9.17, 15) is 9.59 Å². The number of nitrogens with zero attached hydrogens (tertiary/aromatic N) is 5. The van der Waals surface area contributed by atoms with Gasteiger partial charge in [-0.25, -0.2) is 4.68 Å². The lowest BCUT2D eigenvalue weighted by Gasteiger charge is -2.34. The van der Waals surface area contributed by atoms with Crippen LogP contribution in [0.25, 0.3) is 21.9 Å². The Bertz CT molecular complexity index is 1400. The van der Waals surface area contributed by atoms with Crippen molar-refractivity contribution in [3.63, 3.8) is 0 Å². The Hall–Kier alpha value is -3.85. The van der Waals surface area contributed by atoms with Crippen molar-refractivity contribution < 1.29 is 14.3 Å². The van der Waals surface area contributed by atoms with E-state index in [2.05, 4.69) is 20.6 Å². The summed E-state index contributed by atoms with van der Waals surface area (Å²) in [5, 5.41) is 12.5. The van der Waals surface area contributed by atoms with Crippen molar-refractivity contribution in [3.8, 4) is 0 Å². The summed E-state index contributed by atoms with van der Waals surface area (Å²) in [6, 6.07) is 16.2. The summed E-state index contributed by atoms with van der Waals surface area (Å²) in [4.78, 5) is 33.9. The Morgan fingerprint density at radius 1 is 1.08 bits per heavy atom. The molecule has 0 spiro atoms. The van der Waals surface area contributed by atoms with Crippen LogP contribution in [0.3, 0.4) is 0 Å². The summed E-state index contributed by atoms with van der Waals surface area (Å²) in [5.74, 6) is -0.453. The van der Waals surface area contributed by atoms with Crippen LogP contribution >= 0.6 is 0 Å². The molecule has 4 aromatic rings. The first-order valence-electron chi connectivity index (χ1n) is 13.1. The molecule has 4 rings (SSSR count). The van der Waals surface area contributed by atoms with Gasteiger partial charge < -0.3 is 15.0 Å². The maximum atomic E-state index is 13.9. The Morgan fingerprint density at radius 2 is 1.89 bits per heavy atom. The normalized spacial score (nSPS) is 12.5. The molecule has 0 aliphatic rings. The van der Waals surface area contributed by atoms with E-state index in [-0.39, 0.29) is 18.4 Å². The van der Waals surface area contributed by atoms with Crippen molar-refractivity contribution >= 4 is 33.8 Å². The van der Waals surface area contributed by atoms with Gasteiger partial charge in [0, 0.05) is 36.9 Å². The molecule has 0 radical (unpaired) electrons. The standard InChI is InChI=1S/C29H36N6O3/c1-5-29(3,4)31-28(37)27(22-14-15-23-21(19-22)11-9-16-30-23)34(17-10-18-38-6-2)26(36)20-35-25-13-8-7-12-24(25)32-33-35/h7-9,11-16,19,27H,5-6,10,17-18,20H2,1-4H3,(H,31,37)/t27-/m0/s1. The van der Waals surface area contributed by atoms with Crippen LogP contribution in [0.5, 0.6) is 0 Å². The topological polar surface area (TPSA) is 102 Å². The van der Waals surface area contributed by atoms with Gasteiger partial charge in [-0.3, -0.25) is 14.6 Å². The number of fused-ring (bicyclic) bond motifs is 2. The second-order valence-electron chi connectivity index (χ2n) is 9.96. The van der Waals surface area contributed by atoms with E-state index in [4.69, 9.17) is 4.74 Å². The summed E-state index contributed by atoms with van der Waals surface area (Å²) >= 11 is 0. The molecule has 200 valence electrons. The molecule has 2 aromatic carbocycles. The number of para-hydroxylation sites is 1. The number of aromatic nitrogens is 4. The van der Waals surface area contributed by atoms with Gasteiger partial charge in [-0.1, -0.05) is 36.4 Å². The summed E-state index contributed by atoms with van der Waals surface area (Å²) < 4.78 is 7.14. The number of carbonyl (C=O) groups is 2. The molecule has 0 aliphatic carbocycles. The summed E-state index contributed by atoms with van der Waals surface area (Å²) in [5.41, 5.74) is 2.59. The second kappa shape index (κ2) is 12.1. The van der Waals surface area contributed by atoms with E-state index in [0.29, 0.717) is 31.7 Å². The SMILES string of the molecule is CCOCCCN(C(=O)Cn1nnc2ccccc21)[C@H](C(=O)NC(C)(C)CC)c1ccc2ncccc2c1. The maximum Gasteiger partial charge on any atom is 0.247 e. The first-order chi connectivity index (χ1) is 18.3. The summed E-state index contributed by atoms with van der Waals surface area (Å²) in [6.45, 7) is 9.31. The minimum absolute atomic E-state index is 0.0365. The van der Waals surface area contributed by atoms with E-state index >= 15 is 0 Å². The van der Waals surface area contributed by atoms with Gasteiger partial charge in [0.2, 0.25) is 11.8 Å². The molecule has 9 nitrogen and oxygen atoms in total. The smallest absolute Gasteiger partial charge is 0.247 e. The fraction of sp³-hybridized carbons (Fsp3) is 0.414. The number of amides is 2. The fourth-order valence-electron chi connectivity index (χ4n) is 4.36. The van der Waals surface area contributed by atoms with Gasteiger partial charge >= 0.3 is 0 Å². The Balaban J connectivity index is 1.73. The number of carbonyl (C=O) groups excluding carboxylic acids is 2. The second-order valence-corrected chi connectivity index (χ2v) is 9.96. The lowest BCUT2D eigenvalue weighted by atomic mass is 9.97. The van der Waals surface area contributed by atoms with Crippen molar-refractivity contribution in [2.45, 2.75) is 58.7 Å². The van der Waals surface area contributed by atoms with E-state index < -0.39 is 11.6 Å². The minimum Gasteiger partial charge on any atom is -0.382 e. The summed E-state index contributed by atoms with van der Waals surface area (Å²) in [7, 11) is 0. The molecule has 0 saturated heterocycles. The first kappa shape index (κ1) is 27.2. The molecule has 1 atom stereocenters. The molecule has 9 heteroatoms. The number of hydrogen-bond donors (Lipinski definition) is 1. The molecule has 38 heavy (non-hydrogen) atoms. The third-order valence-corrected chi connectivity index (χ3v) is 6.77. The van der Waals surface area contributed by atoms with E-state index in [1.54, 1.807) is 15.8 Å². The molecule has 2 aromatic heterocycles. The van der Waals surface area contributed by atoms with Crippen LogP contribution < -0.4 is 5.32 Å². The quantitative estimate of drug-likeness (QED) is 0.282. The zero-order valence-corrected chi connectivity index (χ0v) is 22.6. The van der Waals surface area contributed by atoms with Crippen molar-refractivity contribution in [2.75, 3.05) is 19.8 Å². The van der Waals surface area contributed by atoms with E-state index in [1.807, 2.05) is 82.3 Å². The average molecular weight is 517 g/mol. The molecular weight excluding hydrogens is 480 g/mol. The summed E-state index contributed by atoms with van der Waals surface area (Å²) in [6.07, 6.45) is 3.08. The van der Waals surface area contributed by atoms with Gasteiger partial charge in [0.1, 0.15) is 18.1 Å². The molecule has 0 unspecified atom stereocenters. The number of rotatable bonds is 12. The van der Waals surface area contributed by atoms with Crippen molar-refractivity contribution in [2.24, 2.45) is 0 Å². The van der Waals surface area contributed by atoms with Gasteiger partial charge in [-0.05, 0) is 69.5 Å². The molecule has 0 saturated carbocycles. The Morgan fingerprint density at radius 3 is 2.68 bits per heavy atom. The average Bonchev–Trinajstić information content (AvgIpc) is 3.32. The van der Waals surface area contributed by atoms with E-state index in [1.165, 1.54) is 0 Å². The zero-order chi connectivity index (χ0) is 27.1. The molecule has 2 amide bonds. The maximum absolute atomic E-state index is 13.9. The first-order valence-corrected chi connectivity index (χ1v) is 13.1. The number of nitrogens with one attached hydrogen (secondary N) is 1. The number of pyridine rings is 1. The fourth-order valence-corrected chi connectivity index (χ4v) is 4.36. The molecule has 2 heterocycles. The molecule has 1 N–H and O–H groups in total. The minimum atomic E-state index is -0.839. The van der Waals surface area contributed by atoms with Gasteiger partial charge in [0.15, 0.2) is 0 Å². The Kier molecular flexibility index (Phi) is 8.68. The van der Waals surface area contributed by atoms with Crippen molar-refractivity contribution in [1.82, 2.24) is 30.2 Å². The van der Waals surface area contributed by atoms with Crippen LogP contribution in [-0.4, -0.2) is 62.0 Å². The predicted octanol–water partition coefficient (Wildman–Crippen LogP) is 4.28. The predicted molar refractivity (Wildman–Crippen MR) is 147 cm³/mol. The van der Waals surface area contributed by atoms with Gasteiger partial charge in [0.25, 0.3) is 0 Å². The monoisotopic (exact) mass is 516 g/mol. The highest BCUT2D eigenvalue weighted by molar-refractivity contribution is 5.91. The number of ether oxygens (including phenoxy) is 1. The van der Waals surface area contributed by atoms with Gasteiger partial charge in [-0.2, -0.15) is 0 Å². The largest absolute Gasteiger partial charge is 0.382 e. The third-order valence-electron chi connectivity index (χ3n) is 6.77. The van der Waals surface area contributed by atoms with E-state index in [0.717, 1.165) is 28.4 Å². The number of hydrogen-bond acceptors (Lipinski definition) is 6. The van der Waals surface area contributed by atoms with Crippen LogP contribution in [0, 0.1) is 0 Å².